The van der Waals surface area contributed by atoms with E-state index in [1.54, 1.807) is 30.6 Å². The van der Waals surface area contributed by atoms with Crippen molar-refractivity contribution in [1.82, 2.24) is 31.1 Å². The Kier molecular flexibility index (Phi) is 8.41. The Morgan fingerprint density at radius 2 is 1.93 bits per heavy atom. The SMILES string of the molecule is COc1ccc(Cn2cc(CNC(=O)N[C@@H](CC(C)C)C(=O)NO)nn2)cc1OC. The predicted molar refractivity (Wildman–Crippen MR) is 107 cm³/mol. The number of benzene rings is 1. The van der Waals surface area contributed by atoms with Gasteiger partial charge in [0.25, 0.3) is 5.91 Å². The van der Waals surface area contributed by atoms with E-state index in [9.17, 15) is 9.59 Å². The van der Waals surface area contributed by atoms with E-state index in [4.69, 9.17) is 14.7 Å². The zero-order valence-electron chi connectivity index (χ0n) is 17.5. The van der Waals surface area contributed by atoms with Gasteiger partial charge in [0.2, 0.25) is 0 Å². The van der Waals surface area contributed by atoms with Gasteiger partial charge in [0.05, 0.1) is 33.5 Å². The summed E-state index contributed by atoms with van der Waals surface area (Å²) in [7, 11) is 3.15. The predicted octanol–water partition coefficient (Wildman–Crippen LogP) is 1.06. The first-order chi connectivity index (χ1) is 14.4. The summed E-state index contributed by atoms with van der Waals surface area (Å²) >= 11 is 0. The van der Waals surface area contributed by atoms with E-state index < -0.39 is 18.0 Å². The minimum atomic E-state index is -0.837. The zero-order chi connectivity index (χ0) is 22.1. The number of urea groups is 1. The fraction of sp³-hybridized carbons (Fsp3) is 0.474. The van der Waals surface area contributed by atoms with Crippen molar-refractivity contribution >= 4 is 11.9 Å². The summed E-state index contributed by atoms with van der Waals surface area (Å²) in [5.41, 5.74) is 3.07. The van der Waals surface area contributed by atoms with E-state index in [0.29, 0.717) is 30.2 Å². The molecule has 1 aromatic carbocycles. The maximum Gasteiger partial charge on any atom is 0.315 e. The Morgan fingerprint density at radius 1 is 1.20 bits per heavy atom. The van der Waals surface area contributed by atoms with Crippen LogP contribution in [-0.2, 0) is 17.9 Å². The maximum absolute atomic E-state index is 12.1. The van der Waals surface area contributed by atoms with Crippen LogP contribution < -0.4 is 25.6 Å². The van der Waals surface area contributed by atoms with Crippen LogP contribution in [0.25, 0.3) is 0 Å². The van der Waals surface area contributed by atoms with Crippen LogP contribution in [0.5, 0.6) is 11.5 Å². The van der Waals surface area contributed by atoms with Gasteiger partial charge in [-0.05, 0) is 30.0 Å². The van der Waals surface area contributed by atoms with Gasteiger partial charge in [0.15, 0.2) is 11.5 Å². The van der Waals surface area contributed by atoms with Gasteiger partial charge in [-0.25, -0.2) is 15.0 Å². The number of ether oxygens (including phenoxy) is 2. The Bertz CT molecular complexity index is 854. The molecule has 1 aromatic heterocycles. The Labute approximate surface area is 174 Å². The van der Waals surface area contributed by atoms with Crippen molar-refractivity contribution in [3.8, 4) is 11.5 Å². The first-order valence-electron chi connectivity index (χ1n) is 9.44. The summed E-state index contributed by atoms with van der Waals surface area (Å²) in [5.74, 6) is 0.752. The summed E-state index contributed by atoms with van der Waals surface area (Å²) in [6, 6.07) is 4.19. The second kappa shape index (κ2) is 11.0. The summed E-state index contributed by atoms with van der Waals surface area (Å²) < 4.78 is 12.2. The molecule has 3 amide bonds. The smallest absolute Gasteiger partial charge is 0.315 e. The number of amides is 3. The van der Waals surface area contributed by atoms with Gasteiger partial charge in [-0.2, -0.15) is 0 Å². The molecule has 0 spiro atoms. The molecule has 164 valence electrons. The average Bonchev–Trinajstić information content (AvgIpc) is 3.18. The van der Waals surface area contributed by atoms with E-state index in [1.165, 1.54) is 0 Å². The lowest BCUT2D eigenvalue weighted by Crippen LogP contribution is -2.49. The summed E-state index contributed by atoms with van der Waals surface area (Å²) in [5, 5.41) is 22.1. The van der Waals surface area contributed by atoms with Gasteiger partial charge in [-0.1, -0.05) is 25.1 Å². The van der Waals surface area contributed by atoms with Crippen molar-refractivity contribution < 1.29 is 24.3 Å². The van der Waals surface area contributed by atoms with Crippen LogP contribution in [0.4, 0.5) is 4.79 Å². The van der Waals surface area contributed by atoms with Crippen molar-refractivity contribution in [2.24, 2.45) is 5.92 Å². The first kappa shape index (κ1) is 22.9. The van der Waals surface area contributed by atoms with Gasteiger partial charge in [-0.15, -0.1) is 5.10 Å². The summed E-state index contributed by atoms with van der Waals surface area (Å²) in [6.45, 7) is 4.42. The molecule has 0 aliphatic heterocycles. The molecule has 0 aliphatic rings. The highest BCUT2D eigenvalue weighted by molar-refractivity contribution is 5.86. The molecule has 11 nitrogen and oxygen atoms in total. The van der Waals surface area contributed by atoms with E-state index in [-0.39, 0.29) is 12.5 Å². The third kappa shape index (κ3) is 6.62. The fourth-order valence-electron chi connectivity index (χ4n) is 2.82. The van der Waals surface area contributed by atoms with Crippen molar-refractivity contribution in [2.75, 3.05) is 14.2 Å². The Hall–Kier alpha value is -3.34. The van der Waals surface area contributed by atoms with Crippen LogP contribution in [0.2, 0.25) is 0 Å². The maximum atomic E-state index is 12.1. The molecule has 0 bridgehead atoms. The van der Waals surface area contributed by atoms with E-state index >= 15 is 0 Å². The van der Waals surface area contributed by atoms with E-state index in [0.717, 1.165) is 5.56 Å². The van der Waals surface area contributed by atoms with Crippen LogP contribution in [0.1, 0.15) is 31.5 Å². The highest BCUT2D eigenvalue weighted by Crippen LogP contribution is 2.27. The fourth-order valence-corrected chi connectivity index (χ4v) is 2.82. The molecule has 0 unspecified atom stereocenters. The number of nitrogens with zero attached hydrogens (tertiary/aromatic N) is 3. The number of hydrogen-bond acceptors (Lipinski definition) is 7. The summed E-state index contributed by atoms with van der Waals surface area (Å²) in [4.78, 5) is 23.8. The highest BCUT2D eigenvalue weighted by atomic mass is 16.5. The normalized spacial score (nSPS) is 11.7. The minimum Gasteiger partial charge on any atom is -0.493 e. The Morgan fingerprint density at radius 3 is 2.57 bits per heavy atom. The number of carbonyl (C=O) groups is 2. The molecule has 11 heteroatoms. The molecule has 0 fully saturated rings. The van der Waals surface area contributed by atoms with Crippen LogP contribution in [0.3, 0.4) is 0 Å². The molecule has 4 N–H and O–H groups in total. The number of carbonyl (C=O) groups excluding carboxylic acids is 2. The van der Waals surface area contributed by atoms with Crippen molar-refractivity contribution in [3.05, 3.63) is 35.7 Å². The second-order valence-corrected chi connectivity index (χ2v) is 7.08. The number of hydroxylamine groups is 1. The third-order valence-electron chi connectivity index (χ3n) is 4.25. The monoisotopic (exact) mass is 420 g/mol. The number of methoxy groups -OCH3 is 2. The molecule has 0 saturated carbocycles. The van der Waals surface area contributed by atoms with Crippen molar-refractivity contribution in [1.29, 1.82) is 0 Å². The largest absolute Gasteiger partial charge is 0.493 e. The first-order valence-corrected chi connectivity index (χ1v) is 9.44. The molecule has 30 heavy (non-hydrogen) atoms. The van der Waals surface area contributed by atoms with Gasteiger partial charge in [-0.3, -0.25) is 10.0 Å². The number of aromatic nitrogens is 3. The molecule has 0 saturated heterocycles. The lowest BCUT2D eigenvalue weighted by molar-refractivity contribution is -0.131. The van der Waals surface area contributed by atoms with Gasteiger partial charge in [0, 0.05) is 0 Å². The number of nitrogens with one attached hydrogen (secondary N) is 3. The summed E-state index contributed by atoms with van der Waals surface area (Å²) in [6.07, 6.45) is 2.10. The molecule has 2 aromatic rings. The average molecular weight is 420 g/mol. The molecule has 0 radical (unpaired) electrons. The molecule has 0 aliphatic carbocycles. The van der Waals surface area contributed by atoms with Crippen molar-refractivity contribution in [3.63, 3.8) is 0 Å². The quantitative estimate of drug-likeness (QED) is 0.333. The lowest BCUT2D eigenvalue weighted by Gasteiger charge is -2.18. The van der Waals surface area contributed by atoms with Crippen molar-refractivity contribution in [2.45, 2.75) is 39.4 Å². The molecule has 2 rings (SSSR count). The molecule has 1 heterocycles. The van der Waals surface area contributed by atoms with Crippen LogP contribution in [0, 0.1) is 5.92 Å². The molecular formula is C19H28N6O5. The van der Waals surface area contributed by atoms with E-state index in [1.807, 2.05) is 32.0 Å². The van der Waals surface area contributed by atoms with Gasteiger partial charge < -0.3 is 20.1 Å². The van der Waals surface area contributed by atoms with Crippen LogP contribution in [-0.4, -0.2) is 52.4 Å². The van der Waals surface area contributed by atoms with Gasteiger partial charge >= 0.3 is 6.03 Å². The van der Waals surface area contributed by atoms with Crippen LogP contribution >= 0.6 is 0 Å². The highest BCUT2D eigenvalue weighted by Gasteiger charge is 2.21. The molecule has 1 atom stereocenters. The number of hydrogen-bond donors (Lipinski definition) is 4. The molecular weight excluding hydrogens is 392 g/mol. The number of rotatable bonds is 10. The third-order valence-corrected chi connectivity index (χ3v) is 4.25. The lowest BCUT2D eigenvalue weighted by atomic mass is 10.0. The Balaban J connectivity index is 1.91. The topological polar surface area (TPSA) is 140 Å². The second-order valence-electron chi connectivity index (χ2n) is 7.08. The van der Waals surface area contributed by atoms with E-state index in [2.05, 4.69) is 20.9 Å². The zero-order valence-corrected chi connectivity index (χ0v) is 17.5. The van der Waals surface area contributed by atoms with Crippen LogP contribution in [0.15, 0.2) is 24.4 Å². The minimum absolute atomic E-state index is 0.132. The standard InChI is InChI=1S/C19H28N6O5/c1-12(2)7-15(18(26)23-28)21-19(27)20-9-14-11-25(24-22-14)10-13-5-6-16(29-3)17(8-13)30-4/h5-6,8,11-12,15,28H,7,9-10H2,1-4H3,(H,23,26)(H2,20,21,27)/t15-/m0/s1. The van der Waals surface area contributed by atoms with Gasteiger partial charge in [0.1, 0.15) is 11.7 Å².